The Bertz CT molecular complexity index is 599. The van der Waals surface area contributed by atoms with E-state index in [1.165, 1.54) is 37.7 Å². The molecular weight excluding hydrogens is 286 g/mol. The lowest BCUT2D eigenvalue weighted by Gasteiger charge is -2.19. The standard InChI is InChI=1S/C15H25N3O2S/c1-11-5-4-6-12(11)10-17-15-9-13(7-8-14(15)16)21(19,20)18(2)3/h7-9,11-12,17H,4-6,10,16H2,1-3H3. The van der Waals surface area contributed by atoms with Crippen molar-refractivity contribution in [3.63, 3.8) is 0 Å². The molecule has 1 aliphatic carbocycles. The topological polar surface area (TPSA) is 75.4 Å². The number of sulfonamides is 1. The van der Waals surface area contributed by atoms with Crippen molar-refractivity contribution >= 4 is 21.4 Å². The molecule has 118 valence electrons. The molecule has 2 unspecified atom stereocenters. The fourth-order valence-corrected chi connectivity index (χ4v) is 3.75. The van der Waals surface area contributed by atoms with Gasteiger partial charge in [0.2, 0.25) is 10.0 Å². The molecule has 6 heteroatoms. The van der Waals surface area contributed by atoms with Gasteiger partial charge in [-0.05, 0) is 36.5 Å². The third kappa shape index (κ3) is 3.49. The number of anilines is 2. The van der Waals surface area contributed by atoms with E-state index in [9.17, 15) is 8.42 Å². The van der Waals surface area contributed by atoms with E-state index in [4.69, 9.17) is 5.73 Å². The minimum absolute atomic E-state index is 0.267. The molecule has 1 aliphatic rings. The van der Waals surface area contributed by atoms with Crippen molar-refractivity contribution < 1.29 is 8.42 Å². The first-order valence-electron chi connectivity index (χ1n) is 7.38. The quantitative estimate of drug-likeness (QED) is 0.819. The van der Waals surface area contributed by atoms with Gasteiger partial charge in [-0.3, -0.25) is 0 Å². The summed E-state index contributed by atoms with van der Waals surface area (Å²) in [5, 5.41) is 3.33. The minimum Gasteiger partial charge on any atom is -0.397 e. The molecule has 0 spiro atoms. The molecule has 1 aromatic carbocycles. The maximum atomic E-state index is 12.2. The molecule has 2 atom stereocenters. The van der Waals surface area contributed by atoms with Gasteiger partial charge in [0.15, 0.2) is 0 Å². The van der Waals surface area contributed by atoms with Crippen LogP contribution in [0.4, 0.5) is 11.4 Å². The second-order valence-corrected chi connectivity index (χ2v) is 8.24. The maximum absolute atomic E-state index is 12.2. The highest BCUT2D eigenvalue weighted by Gasteiger charge is 2.23. The lowest BCUT2D eigenvalue weighted by molar-refractivity contribution is 0.440. The molecule has 0 bridgehead atoms. The molecule has 1 fully saturated rings. The van der Waals surface area contributed by atoms with Crippen molar-refractivity contribution in [1.82, 2.24) is 4.31 Å². The summed E-state index contributed by atoms with van der Waals surface area (Å²) < 4.78 is 25.5. The highest BCUT2D eigenvalue weighted by molar-refractivity contribution is 7.89. The van der Waals surface area contributed by atoms with Crippen molar-refractivity contribution in [3.05, 3.63) is 18.2 Å². The van der Waals surface area contributed by atoms with Crippen LogP contribution in [0.2, 0.25) is 0 Å². The summed E-state index contributed by atoms with van der Waals surface area (Å²) >= 11 is 0. The van der Waals surface area contributed by atoms with Gasteiger partial charge in [-0.2, -0.15) is 0 Å². The fourth-order valence-electron chi connectivity index (χ4n) is 2.83. The van der Waals surface area contributed by atoms with Gasteiger partial charge in [0.05, 0.1) is 16.3 Å². The summed E-state index contributed by atoms with van der Waals surface area (Å²) in [7, 11) is -0.373. The zero-order valence-electron chi connectivity index (χ0n) is 13.0. The van der Waals surface area contributed by atoms with Gasteiger partial charge in [0, 0.05) is 20.6 Å². The molecule has 0 heterocycles. The molecule has 0 aromatic heterocycles. The summed E-state index contributed by atoms with van der Waals surface area (Å²) in [6.07, 6.45) is 3.78. The van der Waals surface area contributed by atoms with Crippen LogP contribution in [0, 0.1) is 11.8 Å². The van der Waals surface area contributed by atoms with E-state index in [1.807, 2.05) is 0 Å². The van der Waals surface area contributed by atoms with Crippen LogP contribution >= 0.6 is 0 Å². The number of benzene rings is 1. The van der Waals surface area contributed by atoms with Gasteiger partial charge in [-0.15, -0.1) is 0 Å². The Balaban J connectivity index is 2.16. The summed E-state index contributed by atoms with van der Waals surface area (Å²) in [6, 6.07) is 4.83. The van der Waals surface area contributed by atoms with Gasteiger partial charge in [0.1, 0.15) is 0 Å². The lowest BCUT2D eigenvalue weighted by Crippen LogP contribution is -2.22. The zero-order valence-corrected chi connectivity index (χ0v) is 13.8. The third-order valence-corrected chi connectivity index (χ3v) is 6.21. The molecule has 2 rings (SSSR count). The van der Waals surface area contributed by atoms with E-state index in [0.717, 1.165) is 6.54 Å². The highest BCUT2D eigenvalue weighted by Crippen LogP contribution is 2.32. The number of hydrogen-bond acceptors (Lipinski definition) is 4. The van der Waals surface area contributed by atoms with Crippen molar-refractivity contribution in [3.8, 4) is 0 Å². The molecule has 5 nitrogen and oxygen atoms in total. The van der Waals surface area contributed by atoms with Gasteiger partial charge in [0.25, 0.3) is 0 Å². The molecular formula is C15H25N3O2S. The summed E-state index contributed by atoms with van der Waals surface area (Å²) in [6.45, 7) is 3.12. The Morgan fingerprint density at radius 2 is 2.05 bits per heavy atom. The molecule has 0 aliphatic heterocycles. The van der Waals surface area contributed by atoms with Gasteiger partial charge in [-0.1, -0.05) is 19.8 Å². The zero-order chi connectivity index (χ0) is 15.6. The monoisotopic (exact) mass is 311 g/mol. The molecule has 3 N–H and O–H groups in total. The largest absolute Gasteiger partial charge is 0.397 e. The maximum Gasteiger partial charge on any atom is 0.242 e. The molecule has 0 saturated heterocycles. The first-order chi connectivity index (χ1) is 9.82. The van der Waals surface area contributed by atoms with E-state index in [2.05, 4.69) is 12.2 Å². The number of rotatable bonds is 5. The van der Waals surface area contributed by atoms with Crippen LogP contribution in [0.1, 0.15) is 26.2 Å². The van der Waals surface area contributed by atoms with E-state index < -0.39 is 10.0 Å². The van der Waals surface area contributed by atoms with E-state index in [-0.39, 0.29) is 4.90 Å². The summed E-state index contributed by atoms with van der Waals surface area (Å²) in [5.74, 6) is 1.35. The van der Waals surface area contributed by atoms with Crippen molar-refractivity contribution in [2.24, 2.45) is 11.8 Å². The molecule has 0 amide bonds. The number of nitrogens with two attached hydrogens (primary N) is 1. The van der Waals surface area contributed by atoms with Gasteiger partial charge < -0.3 is 11.1 Å². The van der Waals surface area contributed by atoms with Crippen LogP contribution in [0.15, 0.2) is 23.1 Å². The summed E-state index contributed by atoms with van der Waals surface area (Å²) in [5.41, 5.74) is 7.24. The predicted molar refractivity (Wildman–Crippen MR) is 86.7 cm³/mol. The SMILES string of the molecule is CC1CCCC1CNc1cc(S(=O)(=O)N(C)C)ccc1N. The Morgan fingerprint density at radius 3 is 2.62 bits per heavy atom. The van der Waals surface area contributed by atoms with Crippen molar-refractivity contribution in [1.29, 1.82) is 0 Å². The Labute approximate surface area is 127 Å². The molecule has 21 heavy (non-hydrogen) atoms. The van der Waals surface area contributed by atoms with Crippen LogP contribution in [-0.2, 0) is 10.0 Å². The first-order valence-corrected chi connectivity index (χ1v) is 8.82. The van der Waals surface area contributed by atoms with Crippen LogP contribution in [-0.4, -0.2) is 33.4 Å². The molecule has 1 saturated carbocycles. The van der Waals surface area contributed by atoms with Gasteiger partial charge in [-0.25, -0.2) is 12.7 Å². The van der Waals surface area contributed by atoms with Crippen LogP contribution < -0.4 is 11.1 Å². The average molecular weight is 311 g/mol. The Kier molecular flexibility index (Phi) is 4.78. The third-order valence-electron chi connectivity index (χ3n) is 4.40. The Hall–Kier alpha value is -1.27. The number of nitrogen functional groups attached to an aromatic ring is 1. The summed E-state index contributed by atoms with van der Waals surface area (Å²) in [4.78, 5) is 0.267. The Morgan fingerprint density at radius 1 is 1.33 bits per heavy atom. The second-order valence-electron chi connectivity index (χ2n) is 6.09. The van der Waals surface area contributed by atoms with Crippen molar-refractivity contribution in [2.75, 3.05) is 31.7 Å². The van der Waals surface area contributed by atoms with Crippen LogP contribution in [0.5, 0.6) is 0 Å². The van der Waals surface area contributed by atoms with Crippen molar-refractivity contribution in [2.45, 2.75) is 31.1 Å². The van der Waals surface area contributed by atoms with E-state index in [0.29, 0.717) is 23.2 Å². The second kappa shape index (κ2) is 6.23. The first kappa shape index (κ1) is 16.1. The van der Waals surface area contributed by atoms with Crippen LogP contribution in [0.25, 0.3) is 0 Å². The number of nitrogens with zero attached hydrogens (tertiary/aromatic N) is 1. The minimum atomic E-state index is -3.43. The predicted octanol–water partition coefficient (Wildman–Crippen LogP) is 2.37. The number of hydrogen-bond donors (Lipinski definition) is 2. The van der Waals surface area contributed by atoms with Crippen LogP contribution in [0.3, 0.4) is 0 Å². The smallest absolute Gasteiger partial charge is 0.242 e. The highest BCUT2D eigenvalue weighted by atomic mass is 32.2. The lowest BCUT2D eigenvalue weighted by atomic mass is 9.98. The van der Waals surface area contributed by atoms with E-state index in [1.54, 1.807) is 18.2 Å². The van der Waals surface area contributed by atoms with E-state index >= 15 is 0 Å². The number of nitrogens with one attached hydrogen (secondary N) is 1. The molecule has 1 aromatic rings. The molecule has 0 radical (unpaired) electrons. The normalized spacial score (nSPS) is 22.7. The fraction of sp³-hybridized carbons (Fsp3) is 0.600. The average Bonchev–Trinajstić information content (AvgIpc) is 2.83. The van der Waals surface area contributed by atoms with Gasteiger partial charge >= 0.3 is 0 Å².